The zero-order chi connectivity index (χ0) is 16.9. The van der Waals surface area contributed by atoms with E-state index in [9.17, 15) is 9.59 Å². The van der Waals surface area contributed by atoms with Crippen molar-refractivity contribution in [2.75, 3.05) is 26.2 Å². The lowest BCUT2D eigenvalue weighted by atomic mass is 10.0. The topological polar surface area (TPSA) is 53.5 Å². The van der Waals surface area contributed by atoms with Crippen LogP contribution in [0.4, 0.5) is 0 Å². The molecule has 130 valence electrons. The lowest BCUT2D eigenvalue weighted by Gasteiger charge is -2.34. The Bertz CT molecular complexity index is 588. The Morgan fingerprint density at radius 1 is 1.08 bits per heavy atom. The van der Waals surface area contributed by atoms with E-state index in [1.165, 1.54) is 25.7 Å². The molecular weight excluding hydrogens is 302 g/mol. The van der Waals surface area contributed by atoms with E-state index in [1.807, 2.05) is 28.9 Å². The summed E-state index contributed by atoms with van der Waals surface area (Å²) in [6.07, 6.45) is 6.93. The highest BCUT2D eigenvalue weighted by Crippen LogP contribution is 2.28. The minimum absolute atomic E-state index is 0.0308. The molecule has 1 saturated heterocycles. The molecule has 5 heteroatoms. The Labute approximate surface area is 144 Å². The largest absolute Gasteiger partial charge is 0.339 e. The summed E-state index contributed by atoms with van der Waals surface area (Å²) in [6, 6.07) is 5.50. The average molecular weight is 329 g/mol. The third-order valence-corrected chi connectivity index (χ3v) is 5.27. The smallest absolute Gasteiger partial charge is 0.272 e. The van der Waals surface area contributed by atoms with Crippen molar-refractivity contribution < 1.29 is 9.59 Å². The maximum atomic E-state index is 12.5. The number of aromatic nitrogens is 1. The number of carbonyl (C=O) groups is 2. The van der Waals surface area contributed by atoms with Crippen molar-refractivity contribution in [1.82, 2.24) is 14.8 Å². The van der Waals surface area contributed by atoms with Gasteiger partial charge in [-0.1, -0.05) is 31.7 Å². The molecule has 2 aliphatic rings. The third-order valence-electron chi connectivity index (χ3n) is 5.27. The van der Waals surface area contributed by atoms with Crippen LogP contribution in [0.1, 0.15) is 54.7 Å². The summed E-state index contributed by atoms with van der Waals surface area (Å²) in [5.74, 6) is 0.976. The lowest BCUT2D eigenvalue weighted by molar-refractivity contribution is -0.133. The van der Waals surface area contributed by atoms with E-state index < -0.39 is 0 Å². The maximum Gasteiger partial charge on any atom is 0.272 e. The molecule has 0 spiro atoms. The van der Waals surface area contributed by atoms with Gasteiger partial charge in [0.15, 0.2) is 0 Å². The van der Waals surface area contributed by atoms with E-state index in [2.05, 4.69) is 4.98 Å². The van der Waals surface area contributed by atoms with Gasteiger partial charge in [-0.3, -0.25) is 9.59 Å². The summed E-state index contributed by atoms with van der Waals surface area (Å²) in [7, 11) is 0. The molecule has 2 fully saturated rings. The molecule has 24 heavy (non-hydrogen) atoms. The van der Waals surface area contributed by atoms with Gasteiger partial charge in [0, 0.05) is 38.3 Å². The second-order valence-corrected chi connectivity index (χ2v) is 7.03. The first-order valence-corrected chi connectivity index (χ1v) is 9.14. The standard InChI is InChI=1S/C19H27N3O2/c1-15-5-4-8-17(20-15)19(24)22-13-11-21(12-14-22)18(23)10-9-16-6-2-3-7-16/h4-5,8,16H,2-3,6-7,9-14H2,1H3. The molecule has 3 rings (SSSR count). The molecule has 1 aromatic rings. The van der Waals surface area contributed by atoms with Gasteiger partial charge < -0.3 is 9.80 Å². The second kappa shape index (κ2) is 7.77. The molecule has 2 amide bonds. The zero-order valence-electron chi connectivity index (χ0n) is 14.5. The fraction of sp³-hybridized carbons (Fsp3) is 0.632. The van der Waals surface area contributed by atoms with Crippen LogP contribution in [0.3, 0.4) is 0 Å². The van der Waals surface area contributed by atoms with Crippen molar-refractivity contribution in [3.05, 3.63) is 29.6 Å². The molecule has 1 aliphatic heterocycles. The van der Waals surface area contributed by atoms with Crippen molar-refractivity contribution in [2.45, 2.75) is 45.4 Å². The predicted molar refractivity (Wildman–Crippen MR) is 92.6 cm³/mol. The Morgan fingerprint density at radius 2 is 1.75 bits per heavy atom. The van der Waals surface area contributed by atoms with Crippen molar-refractivity contribution in [3.8, 4) is 0 Å². The van der Waals surface area contributed by atoms with Gasteiger partial charge >= 0.3 is 0 Å². The van der Waals surface area contributed by atoms with E-state index in [0.717, 1.165) is 18.0 Å². The fourth-order valence-corrected chi connectivity index (χ4v) is 3.77. The van der Waals surface area contributed by atoms with Crippen LogP contribution in [0.25, 0.3) is 0 Å². The van der Waals surface area contributed by atoms with Crippen molar-refractivity contribution in [2.24, 2.45) is 5.92 Å². The van der Waals surface area contributed by atoms with E-state index in [0.29, 0.717) is 38.3 Å². The van der Waals surface area contributed by atoms with Crippen LogP contribution in [0.5, 0.6) is 0 Å². The minimum Gasteiger partial charge on any atom is -0.339 e. The monoisotopic (exact) mass is 329 g/mol. The molecule has 1 saturated carbocycles. The van der Waals surface area contributed by atoms with Gasteiger partial charge in [-0.25, -0.2) is 4.98 Å². The Balaban J connectivity index is 1.46. The summed E-state index contributed by atoms with van der Waals surface area (Å²) in [6.45, 7) is 4.37. The van der Waals surface area contributed by atoms with Gasteiger partial charge in [0.2, 0.25) is 5.91 Å². The van der Waals surface area contributed by atoms with Gasteiger partial charge in [-0.2, -0.15) is 0 Å². The lowest BCUT2D eigenvalue weighted by Crippen LogP contribution is -2.50. The fourth-order valence-electron chi connectivity index (χ4n) is 3.77. The third kappa shape index (κ3) is 4.13. The number of piperazine rings is 1. The molecule has 0 aromatic carbocycles. The number of carbonyl (C=O) groups excluding carboxylic acids is 2. The van der Waals surface area contributed by atoms with Crippen LogP contribution >= 0.6 is 0 Å². The molecule has 0 unspecified atom stereocenters. The molecule has 5 nitrogen and oxygen atoms in total. The van der Waals surface area contributed by atoms with Crippen molar-refractivity contribution in [1.29, 1.82) is 0 Å². The highest BCUT2D eigenvalue weighted by atomic mass is 16.2. The summed E-state index contributed by atoms with van der Waals surface area (Å²) < 4.78 is 0. The summed E-state index contributed by atoms with van der Waals surface area (Å²) in [5.41, 5.74) is 1.34. The number of rotatable bonds is 4. The van der Waals surface area contributed by atoms with Crippen LogP contribution in [-0.4, -0.2) is 52.8 Å². The Hall–Kier alpha value is -1.91. The van der Waals surface area contributed by atoms with E-state index >= 15 is 0 Å². The van der Waals surface area contributed by atoms with Gasteiger partial charge in [0.25, 0.3) is 5.91 Å². The average Bonchev–Trinajstić information content (AvgIpc) is 3.13. The summed E-state index contributed by atoms with van der Waals surface area (Å²) in [5, 5.41) is 0. The van der Waals surface area contributed by atoms with Gasteiger partial charge in [0.05, 0.1) is 0 Å². The number of pyridine rings is 1. The Kier molecular flexibility index (Phi) is 5.48. The SMILES string of the molecule is Cc1cccc(C(=O)N2CCN(C(=O)CCC3CCCC3)CC2)n1. The molecule has 0 N–H and O–H groups in total. The first-order valence-electron chi connectivity index (χ1n) is 9.14. The normalized spacial score (nSPS) is 18.9. The minimum atomic E-state index is -0.0308. The highest BCUT2D eigenvalue weighted by Gasteiger charge is 2.26. The molecule has 1 aliphatic carbocycles. The molecule has 0 bridgehead atoms. The van der Waals surface area contributed by atoms with Crippen LogP contribution in [0.2, 0.25) is 0 Å². The van der Waals surface area contributed by atoms with Crippen molar-refractivity contribution >= 4 is 11.8 Å². The van der Waals surface area contributed by atoms with Gasteiger partial charge in [-0.05, 0) is 31.4 Å². The number of hydrogen-bond donors (Lipinski definition) is 0. The second-order valence-electron chi connectivity index (χ2n) is 7.03. The van der Waals surface area contributed by atoms with E-state index in [1.54, 1.807) is 6.07 Å². The Morgan fingerprint density at radius 3 is 2.42 bits per heavy atom. The highest BCUT2D eigenvalue weighted by molar-refractivity contribution is 5.92. The van der Waals surface area contributed by atoms with Crippen LogP contribution in [0.15, 0.2) is 18.2 Å². The van der Waals surface area contributed by atoms with Crippen LogP contribution in [0, 0.1) is 12.8 Å². The maximum absolute atomic E-state index is 12.5. The number of aryl methyl sites for hydroxylation is 1. The number of amides is 2. The zero-order valence-corrected chi connectivity index (χ0v) is 14.5. The summed E-state index contributed by atoms with van der Waals surface area (Å²) in [4.78, 5) is 32.9. The molecule has 2 heterocycles. The number of hydrogen-bond acceptors (Lipinski definition) is 3. The van der Waals surface area contributed by atoms with Crippen LogP contribution < -0.4 is 0 Å². The number of nitrogens with zero attached hydrogens (tertiary/aromatic N) is 3. The predicted octanol–water partition coefficient (Wildman–Crippen LogP) is 2.64. The van der Waals surface area contributed by atoms with E-state index in [-0.39, 0.29) is 11.8 Å². The molecular formula is C19H27N3O2. The molecule has 0 atom stereocenters. The molecule has 0 radical (unpaired) electrons. The first-order chi connectivity index (χ1) is 11.6. The van der Waals surface area contributed by atoms with E-state index in [4.69, 9.17) is 0 Å². The van der Waals surface area contributed by atoms with Gasteiger partial charge in [0.1, 0.15) is 5.69 Å². The first kappa shape index (κ1) is 16.9. The quantitative estimate of drug-likeness (QED) is 0.853. The van der Waals surface area contributed by atoms with Crippen molar-refractivity contribution in [3.63, 3.8) is 0 Å². The van der Waals surface area contributed by atoms with Gasteiger partial charge in [-0.15, -0.1) is 0 Å². The van der Waals surface area contributed by atoms with Crippen LogP contribution in [-0.2, 0) is 4.79 Å². The molecule has 1 aromatic heterocycles. The summed E-state index contributed by atoms with van der Waals surface area (Å²) >= 11 is 0.